The number of aromatic amines is 1. The average molecular weight is 266 g/mol. The van der Waals surface area contributed by atoms with Gasteiger partial charge < -0.3 is 5.11 Å². The Kier molecular flexibility index (Phi) is 2.99. The maximum absolute atomic E-state index is 11.8. The van der Waals surface area contributed by atoms with Gasteiger partial charge in [0, 0.05) is 10.9 Å². The van der Waals surface area contributed by atoms with Crippen LogP contribution in [-0.2, 0) is 6.42 Å². The fourth-order valence-corrected chi connectivity index (χ4v) is 2.42. The number of benzene rings is 2. The number of nitrogens with one attached hydrogen (secondary N) is 1. The van der Waals surface area contributed by atoms with Gasteiger partial charge in [-0.15, -0.1) is 0 Å². The average Bonchev–Trinajstić information content (AvgIpc) is 2.48. The number of aromatic hydroxyl groups is 1. The van der Waals surface area contributed by atoms with Crippen LogP contribution >= 0.6 is 0 Å². The molecule has 0 unspecified atom stereocenters. The van der Waals surface area contributed by atoms with Crippen LogP contribution in [0.3, 0.4) is 0 Å². The molecule has 0 spiro atoms. The lowest BCUT2D eigenvalue weighted by Gasteiger charge is -2.10. The molecule has 0 saturated carbocycles. The van der Waals surface area contributed by atoms with Crippen LogP contribution < -0.4 is 5.56 Å². The highest BCUT2D eigenvalue weighted by molar-refractivity contribution is 5.94. The van der Waals surface area contributed by atoms with E-state index < -0.39 is 0 Å². The largest absolute Gasteiger partial charge is 0.508 e. The fourth-order valence-electron chi connectivity index (χ4n) is 2.42. The quantitative estimate of drug-likeness (QED) is 0.749. The lowest BCUT2D eigenvalue weighted by molar-refractivity contribution is 0.474. The molecular weight excluding hydrogens is 252 g/mol. The molecule has 0 aliphatic carbocycles. The first kappa shape index (κ1) is 12.4. The second-order valence-electron chi connectivity index (χ2n) is 4.64. The summed E-state index contributed by atoms with van der Waals surface area (Å²) in [5, 5.41) is 17.8. The normalized spacial score (nSPS) is 10.8. The Morgan fingerprint density at radius 3 is 2.65 bits per heavy atom. The van der Waals surface area contributed by atoms with Crippen molar-refractivity contribution >= 4 is 10.8 Å². The minimum atomic E-state index is -0.193. The van der Waals surface area contributed by atoms with Gasteiger partial charge in [-0.2, -0.15) is 5.10 Å². The number of phenols is 1. The molecule has 2 N–H and O–H groups in total. The van der Waals surface area contributed by atoms with E-state index in [1.807, 2.05) is 31.2 Å². The number of hydrogen-bond donors (Lipinski definition) is 2. The number of phenolic OH excluding ortho intramolecular Hbond substituents is 1. The molecule has 3 rings (SSSR count). The Morgan fingerprint density at radius 2 is 1.90 bits per heavy atom. The first-order chi connectivity index (χ1) is 9.70. The van der Waals surface area contributed by atoms with Gasteiger partial charge in [0.25, 0.3) is 5.56 Å². The van der Waals surface area contributed by atoms with E-state index >= 15 is 0 Å². The number of rotatable bonds is 2. The van der Waals surface area contributed by atoms with Crippen molar-refractivity contribution in [2.75, 3.05) is 0 Å². The molecule has 0 aliphatic rings. The van der Waals surface area contributed by atoms with Gasteiger partial charge in [0.05, 0.1) is 11.1 Å². The van der Waals surface area contributed by atoms with Gasteiger partial charge >= 0.3 is 0 Å². The Hall–Kier alpha value is -2.62. The molecule has 0 saturated heterocycles. The van der Waals surface area contributed by atoms with Crippen LogP contribution in [0.1, 0.15) is 12.5 Å². The van der Waals surface area contributed by atoms with E-state index in [9.17, 15) is 9.90 Å². The molecular formula is C16H14N2O2. The van der Waals surface area contributed by atoms with E-state index in [0.29, 0.717) is 5.39 Å². The van der Waals surface area contributed by atoms with Crippen molar-refractivity contribution in [1.29, 1.82) is 0 Å². The summed E-state index contributed by atoms with van der Waals surface area (Å²) in [6.07, 6.45) is 0.777. The monoisotopic (exact) mass is 266 g/mol. The topological polar surface area (TPSA) is 66.0 Å². The molecule has 100 valence electrons. The van der Waals surface area contributed by atoms with Crippen LogP contribution in [0.2, 0.25) is 0 Å². The minimum absolute atomic E-state index is 0.193. The van der Waals surface area contributed by atoms with E-state index in [0.717, 1.165) is 28.6 Å². The van der Waals surface area contributed by atoms with Gasteiger partial charge in [0.1, 0.15) is 5.75 Å². The smallest absolute Gasteiger partial charge is 0.272 e. The summed E-state index contributed by atoms with van der Waals surface area (Å²) in [5.41, 5.74) is 2.46. The molecule has 3 aromatic rings. The highest BCUT2D eigenvalue weighted by atomic mass is 16.3. The summed E-state index contributed by atoms with van der Waals surface area (Å²) in [7, 11) is 0. The highest BCUT2D eigenvalue weighted by Gasteiger charge is 2.11. The van der Waals surface area contributed by atoms with E-state index in [1.54, 1.807) is 18.2 Å². The third kappa shape index (κ3) is 1.95. The van der Waals surface area contributed by atoms with Crippen LogP contribution in [0.5, 0.6) is 5.75 Å². The van der Waals surface area contributed by atoms with Crippen molar-refractivity contribution in [3.05, 3.63) is 58.4 Å². The molecule has 4 heteroatoms. The Morgan fingerprint density at radius 1 is 1.15 bits per heavy atom. The van der Waals surface area contributed by atoms with Crippen LogP contribution in [0.4, 0.5) is 0 Å². The summed E-state index contributed by atoms with van der Waals surface area (Å²) in [6, 6.07) is 12.6. The van der Waals surface area contributed by atoms with Crippen molar-refractivity contribution in [3.8, 4) is 17.0 Å². The summed E-state index contributed by atoms with van der Waals surface area (Å²) < 4.78 is 0. The number of aryl methyl sites for hydroxylation is 1. The number of aromatic nitrogens is 2. The summed E-state index contributed by atoms with van der Waals surface area (Å²) in [4.78, 5) is 11.8. The molecule has 1 heterocycles. The molecule has 0 bridgehead atoms. The third-order valence-corrected chi connectivity index (χ3v) is 3.42. The van der Waals surface area contributed by atoms with E-state index in [2.05, 4.69) is 10.2 Å². The molecule has 0 aliphatic heterocycles. The van der Waals surface area contributed by atoms with Crippen molar-refractivity contribution in [2.45, 2.75) is 13.3 Å². The van der Waals surface area contributed by atoms with E-state index in [-0.39, 0.29) is 11.3 Å². The zero-order chi connectivity index (χ0) is 14.1. The molecule has 4 nitrogen and oxygen atoms in total. The lowest BCUT2D eigenvalue weighted by Crippen LogP contribution is -2.09. The molecule has 1 aromatic heterocycles. The zero-order valence-electron chi connectivity index (χ0n) is 11.1. The molecule has 20 heavy (non-hydrogen) atoms. The highest BCUT2D eigenvalue weighted by Crippen LogP contribution is 2.29. The van der Waals surface area contributed by atoms with Crippen molar-refractivity contribution < 1.29 is 5.11 Å². The summed E-state index contributed by atoms with van der Waals surface area (Å²) >= 11 is 0. The van der Waals surface area contributed by atoms with Crippen LogP contribution in [-0.4, -0.2) is 15.3 Å². The SMILES string of the molecule is CCc1cc(O)ccc1-c1n[nH]c(=O)c2ccccc12. The van der Waals surface area contributed by atoms with Crippen LogP contribution in [0.25, 0.3) is 22.0 Å². The van der Waals surface area contributed by atoms with Gasteiger partial charge in [-0.05, 0) is 36.2 Å². The van der Waals surface area contributed by atoms with Crippen LogP contribution in [0.15, 0.2) is 47.3 Å². The number of fused-ring (bicyclic) bond motifs is 1. The second kappa shape index (κ2) is 4.81. The lowest BCUT2D eigenvalue weighted by atomic mass is 9.98. The first-order valence-corrected chi connectivity index (χ1v) is 6.50. The second-order valence-corrected chi connectivity index (χ2v) is 4.64. The van der Waals surface area contributed by atoms with Gasteiger partial charge in [-0.3, -0.25) is 4.79 Å². The molecule has 0 fully saturated rings. The maximum Gasteiger partial charge on any atom is 0.272 e. The summed E-state index contributed by atoms with van der Waals surface area (Å²) in [5.74, 6) is 0.235. The van der Waals surface area contributed by atoms with Crippen molar-refractivity contribution in [2.24, 2.45) is 0 Å². The Balaban J connectivity index is 2.36. The molecule has 0 atom stereocenters. The number of H-pyrrole nitrogens is 1. The van der Waals surface area contributed by atoms with E-state index in [1.165, 1.54) is 0 Å². The number of nitrogens with zero attached hydrogens (tertiary/aromatic N) is 1. The molecule has 0 radical (unpaired) electrons. The van der Waals surface area contributed by atoms with Gasteiger partial charge in [0.15, 0.2) is 0 Å². The van der Waals surface area contributed by atoms with Gasteiger partial charge in [0.2, 0.25) is 0 Å². The predicted octanol–water partition coefficient (Wildman–Crippen LogP) is 2.86. The fraction of sp³-hybridized carbons (Fsp3) is 0.125. The summed E-state index contributed by atoms with van der Waals surface area (Å²) in [6.45, 7) is 2.02. The maximum atomic E-state index is 11.8. The van der Waals surface area contributed by atoms with E-state index in [4.69, 9.17) is 0 Å². The van der Waals surface area contributed by atoms with Crippen molar-refractivity contribution in [3.63, 3.8) is 0 Å². The molecule has 2 aromatic carbocycles. The standard InChI is InChI=1S/C16H14N2O2/c1-2-10-9-11(19)7-8-12(10)15-13-5-3-4-6-14(13)16(20)18-17-15/h3-9,19H,2H2,1H3,(H,18,20). The van der Waals surface area contributed by atoms with Gasteiger partial charge in [-0.1, -0.05) is 25.1 Å². The Labute approximate surface area is 115 Å². The predicted molar refractivity (Wildman–Crippen MR) is 78.8 cm³/mol. The minimum Gasteiger partial charge on any atom is -0.508 e. The molecule has 0 amide bonds. The van der Waals surface area contributed by atoms with Crippen molar-refractivity contribution in [1.82, 2.24) is 10.2 Å². The Bertz CT molecular complexity index is 837. The van der Waals surface area contributed by atoms with Crippen LogP contribution in [0, 0.1) is 0 Å². The third-order valence-electron chi connectivity index (χ3n) is 3.42. The zero-order valence-corrected chi connectivity index (χ0v) is 11.1. The number of hydrogen-bond acceptors (Lipinski definition) is 3. The van der Waals surface area contributed by atoms with Gasteiger partial charge in [-0.25, -0.2) is 5.10 Å². The first-order valence-electron chi connectivity index (χ1n) is 6.50.